The number of nitrogens with zero attached hydrogens (tertiary/aromatic N) is 3. The quantitative estimate of drug-likeness (QED) is 0.354. The number of hydrogen-bond donors (Lipinski definition) is 0. The minimum absolute atomic E-state index is 0.414. The van der Waals surface area contributed by atoms with Crippen molar-refractivity contribution in [1.82, 2.24) is 0 Å². The summed E-state index contributed by atoms with van der Waals surface area (Å²) in [4.78, 5) is 2.87. The molecule has 2 fully saturated rings. The predicted octanol–water partition coefficient (Wildman–Crippen LogP) is 3.37. The zero-order valence-corrected chi connectivity index (χ0v) is 8.40. The van der Waals surface area contributed by atoms with Crippen molar-refractivity contribution < 1.29 is 0 Å². The molecule has 2 rings (SSSR count). The molecule has 3 heteroatoms. The van der Waals surface area contributed by atoms with Crippen molar-refractivity contribution in [2.45, 2.75) is 33.1 Å². The molecule has 2 aliphatic rings. The van der Waals surface area contributed by atoms with Crippen molar-refractivity contribution in [2.24, 2.45) is 28.3 Å². The van der Waals surface area contributed by atoms with Crippen molar-refractivity contribution in [3.05, 3.63) is 10.4 Å². The van der Waals surface area contributed by atoms with Gasteiger partial charge in [-0.05, 0) is 48.0 Å². The first kappa shape index (κ1) is 8.89. The Balaban J connectivity index is 2.13. The molecule has 0 aromatic rings. The Morgan fingerprint density at radius 3 is 2.77 bits per heavy atom. The lowest BCUT2D eigenvalue weighted by Crippen LogP contribution is -2.32. The van der Waals surface area contributed by atoms with E-state index in [-0.39, 0.29) is 0 Å². The summed E-state index contributed by atoms with van der Waals surface area (Å²) in [5, 5.41) is 3.75. The molecule has 72 valence electrons. The summed E-state index contributed by atoms with van der Waals surface area (Å²) in [6.45, 7) is 5.40. The van der Waals surface area contributed by atoms with Gasteiger partial charge in [-0.3, -0.25) is 0 Å². The molecule has 2 saturated carbocycles. The molecule has 0 radical (unpaired) electrons. The van der Waals surface area contributed by atoms with Gasteiger partial charge in [-0.2, -0.15) is 0 Å². The van der Waals surface area contributed by atoms with Gasteiger partial charge < -0.3 is 0 Å². The molecule has 0 saturated heterocycles. The molecule has 0 N–H and O–H groups in total. The molecule has 0 aliphatic heterocycles. The fourth-order valence-corrected chi connectivity index (χ4v) is 3.48. The van der Waals surface area contributed by atoms with E-state index in [1.54, 1.807) is 0 Å². The molecule has 2 aliphatic carbocycles. The van der Waals surface area contributed by atoms with Gasteiger partial charge in [0.05, 0.1) is 0 Å². The summed E-state index contributed by atoms with van der Waals surface area (Å²) in [6, 6.07) is 0. The maximum Gasteiger partial charge on any atom is 0.0294 e. The first-order valence-electron chi connectivity index (χ1n) is 5.17. The highest BCUT2D eigenvalue weighted by atomic mass is 15.1. The summed E-state index contributed by atoms with van der Waals surface area (Å²) < 4.78 is 0. The van der Waals surface area contributed by atoms with Crippen molar-refractivity contribution in [2.75, 3.05) is 6.54 Å². The highest BCUT2D eigenvalue weighted by Crippen LogP contribution is 2.59. The molecule has 3 nitrogen and oxygen atoms in total. The lowest BCUT2D eigenvalue weighted by molar-refractivity contribution is 0.129. The molecule has 0 unspecified atom stereocenters. The van der Waals surface area contributed by atoms with Crippen LogP contribution < -0.4 is 0 Å². The highest BCUT2D eigenvalue weighted by Gasteiger charge is 2.51. The zero-order chi connectivity index (χ0) is 9.47. The number of fused-ring (bicyclic) bond motifs is 2. The summed E-state index contributed by atoms with van der Waals surface area (Å²) >= 11 is 0. The minimum atomic E-state index is 0.414. The molecule has 0 spiro atoms. The topological polar surface area (TPSA) is 48.8 Å². The first-order valence-corrected chi connectivity index (χ1v) is 5.17. The fraction of sp³-hybridized carbons (Fsp3) is 1.00. The molecule has 0 aromatic carbocycles. The summed E-state index contributed by atoms with van der Waals surface area (Å²) in [5.74, 6) is 2.36. The standard InChI is InChI=1S/C10H17N3/c1-10(2)8-4-3-7(5-8)9(10)6-12-13-11/h7-9H,3-6H2,1-2H3/t7-,8+,9+/m0/s1. The summed E-state index contributed by atoms with van der Waals surface area (Å²) in [6.07, 6.45) is 4.13. The normalized spacial score (nSPS) is 40.3. The average Bonchev–Trinajstić information content (AvgIpc) is 2.60. The SMILES string of the molecule is CC1(C)[C@@H]2CC[C@@H](C2)[C@H]1CN=[N+]=[N-]. The monoisotopic (exact) mass is 179 g/mol. The lowest BCUT2D eigenvalue weighted by Gasteiger charge is -2.37. The Morgan fingerprint density at radius 1 is 1.46 bits per heavy atom. The highest BCUT2D eigenvalue weighted by molar-refractivity contribution is 5.02. The Bertz CT molecular complexity index is 253. The van der Waals surface area contributed by atoms with E-state index < -0.39 is 0 Å². The Hall–Kier alpha value is -0.690. The van der Waals surface area contributed by atoms with E-state index in [2.05, 4.69) is 23.9 Å². The second-order valence-corrected chi connectivity index (χ2v) is 5.11. The number of hydrogen-bond acceptors (Lipinski definition) is 1. The number of azide groups is 1. The summed E-state index contributed by atoms with van der Waals surface area (Å²) in [5.41, 5.74) is 8.74. The van der Waals surface area contributed by atoms with Crippen LogP contribution in [0.3, 0.4) is 0 Å². The van der Waals surface area contributed by atoms with Crippen LogP contribution in [-0.4, -0.2) is 6.54 Å². The van der Waals surface area contributed by atoms with Crippen molar-refractivity contribution in [1.29, 1.82) is 0 Å². The lowest BCUT2D eigenvalue weighted by atomic mass is 9.69. The van der Waals surface area contributed by atoms with Gasteiger partial charge in [0.25, 0.3) is 0 Å². The second kappa shape index (κ2) is 2.91. The third-order valence-corrected chi connectivity index (χ3v) is 4.39. The van der Waals surface area contributed by atoms with E-state index >= 15 is 0 Å². The molecule has 0 aromatic heterocycles. The van der Waals surface area contributed by atoms with Gasteiger partial charge in [0.2, 0.25) is 0 Å². The van der Waals surface area contributed by atoms with Crippen LogP contribution in [0.2, 0.25) is 0 Å². The van der Waals surface area contributed by atoms with Crippen LogP contribution in [0.5, 0.6) is 0 Å². The molecular weight excluding hydrogens is 162 g/mol. The van der Waals surface area contributed by atoms with E-state index in [1.807, 2.05) is 0 Å². The van der Waals surface area contributed by atoms with Crippen LogP contribution in [0.4, 0.5) is 0 Å². The van der Waals surface area contributed by atoms with Gasteiger partial charge >= 0.3 is 0 Å². The predicted molar refractivity (Wildman–Crippen MR) is 52.1 cm³/mol. The molecule has 0 heterocycles. The van der Waals surface area contributed by atoms with Crippen LogP contribution in [0.1, 0.15) is 33.1 Å². The van der Waals surface area contributed by atoms with Crippen LogP contribution in [0, 0.1) is 23.2 Å². The maximum atomic E-state index is 8.33. The Labute approximate surface area is 79.1 Å². The van der Waals surface area contributed by atoms with Crippen molar-refractivity contribution in [3.8, 4) is 0 Å². The first-order chi connectivity index (χ1) is 6.16. The van der Waals surface area contributed by atoms with E-state index in [0.29, 0.717) is 17.9 Å². The van der Waals surface area contributed by atoms with Gasteiger partial charge in [0.1, 0.15) is 0 Å². The minimum Gasteiger partial charge on any atom is -0.0937 e. The average molecular weight is 179 g/mol. The van der Waals surface area contributed by atoms with Crippen molar-refractivity contribution in [3.63, 3.8) is 0 Å². The van der Waals surface area contributed by atoms with Crippen molar-refractivity contribution >= 4 is 0 Å². The molecule has 3 atom stereocenters. The van der Waals surface area contributed by atoms with Gasteiger partial charge in [-0.25, -0.2) is 0 Å². The molecule has 13 heavy (non-hydrogen) atoms. The Kier molecular flexibility index (Phi) is 1.99. The third-order valence-electron chi connectivity index (χ3n) is 4.39. The summed E-state index contributed by atoms with van der Waals surface area (Å²) in [7, 11) is 0. The second-order valence-electron chi connectivity index (χ2n) is 5.11. The van der Waals surface area contributed by atoms with E-state index in [1.165, 1.54) is 19.3 Å². The largest absolute Gasteiger partial charge is 0.0937 e. The van der Waals surface area contributed by atoms with Gasteiger partial charge in [-0.15, -0.1) is 0 Å². The maximum absolute atomic E-state index is 8.33. The van der Waals surface area contributed by atoms with Crippen LogP contribution in [0.25, 0.3) is 10.4 Å². The number of rotatable bonds is 2. The van der Waals surface area contributed by atoms with Crippen LogP contribution in [-0.2, 0) is 0 Å². The van der Waals surface area contributed by atoms with E-state index in [9.17, 15) is 0 Å². The van der Waals surface area contributed by atoms with Crippen LogP contribution in [0.15, 0.2) is 5.11 Å². The fourth-order valence-electron chi connectivity index (χ4n) is 3.48. The third kappa shape index (κ3) is 1.22. The smallest absolute Gasteiger partial charge is 0.0294 e. The molecule has 0 amide bonds. The zero-order valence-electron chi connectivity index (χ0n) is 8.40. The Morgan fingerprint density at radius 2 is 2.23 bits per heavy atom. The van der Waals surface area contributed by atoms with Gasteiger partial charge in [0, 0.05) is 11.5 Å². The van der Waals surface area contributed by atoms with Gasteiger partial charge in [0.15, 0.2) is 0 Å². The van der Waals surface area contributed by atoms with Gasteiger partial charge in [-0.1, -0.05) is 19.0 Å². The van der Waals surface area contributed by atoms with Crippen LogP contribution >= 0.6 is 0 Å². The molecular formula is C10H17N3. The van der Waals surface area contributed by atoms with E-state index in [4.69, 9.17) is 5.53 Å². The van der Waals surface area contributed by atoms with E-state index in [0.717, 1.165) is 11.8 Å². The molecule has 2 bridgehead atoms.